The molecule has 0 fully saturated rings. The van der Waals surface area contributed by atoms with Gasteiger partial charge in [0.05, 0.1) is 7.11 Å². The summed E-state index contributed by atoms with van der Waals surface area (Å²) in [6.45, 7) is 1.59. The Balaban J connectivity index is 2.75. The van der Waals surface area contributed by atoms with Crippen LogP contribution in [0.4, 0.5) is 4.39 Å². The summed E-state index contributed by atoms with van der Waals surface area (Å²) in [7, 11) is 1.10. The van der Waals surface area contributed by atoms with Crippen molar-refractivity contribution in [3.8, 4) is 11.4 Å². The normalized spacial score (nSPS) is 10.3. The lowest BCUT2D eigenvalue weighted by Crippen LogP contribution is -2.25. The van der Waals surface area contributed by atoms with E-state index in [-0.39, 0.29) is 5.69 Å². The van der Waals surface area contributed by atoms with Gasteiger partial charge in [-0.3, -0.25) is 4.79 Å². The van der Waals surface area contributed by atoms with Gasteiger partial charge in [-0.1, -0.05) is 12.1 Å². The Kier molecular flexibility index (Phi) is 3.51. The van der Waals surface area contributed by atoms with Crippen molar-refractivity contribution in [1.29, 1.82) is 0 Å². The summed E-state index contributed by atoms with van der Waals surface area (Å²) in [5.74, 6) is -2.21. The number of para-hydroxylation sites is 1. The molecule has 0 saturated heterocycles. The van der Waals surface area contributed by atoms with E-state index < -0.39 is 28.8 Å². The highest BCUT2D eigenvalue weighted by atomic mass is 19.1. The number of carbonyl (C=O) groups is 1. The quantitative estimate of drug-likeness (QED) is 0.834. The Morgan fingerprint density at radius 1 is 1.45 bits per heavy atom. The van der Waals surface area contributed by atoms with Gasteiger partial charge in [-0.15, -0.1) is 0 Å². The summed E-state index contributed by atoms with van der Waals surface area (Å²) < 4.78 is 19.0. The van der Waals surface area contributed by atoms with Gasteiger partial charge in [0.25, 0.3) is 5.56 Å². The third-order valence-corrected chi connectivity index (χ3v) is 2.69. The van der Waals surface area contributed by atoms with E-state index in [2.05, 4.69) is 9.84 Å². The van der Waals surface area contributed by atoms with Crippen LogP contribution in [0.3, 0.4) is 0 Å². The second-order valence-electron chi connectivity index (χ2n) is 4.03. The number of carbonyl (C=O) groups excluding carboxylic acids is 1. The molecule has 104 valence electrons. The highest BCUT2D eigenvalue weighted by Gasteiger charge is 2.19. The maximum absolute atomic E-state index is 13.9. The summed E-state index contributed by atoms with van der Waals surface area (Å²) >= 11 is 0. The van der Waals surface area contributed by atoms with Gasteiger partial charge in [0.15, 0.2) is 5.75 Å². The third-order valence-electron chi connectivity index (χ3n) is 2.69. The number of ether oxygens (including phenoxy) is 1. The van der Waals surface area contributed by atoms with Gasteiger partial charge < -0.3 is 9.84 Å². The Morgan fingerprint density at radius 2 is 2.15 bits per heavy atom. The summed E-state index contributed by atoms with van der Waals surface area (Å²) in [5.41, 5.74) is -0.845. The van der Waals surface area contributed by atoms with E-state index in [0.29, 0.717) is 5.56 Å². The van der Waals surface area contributed by atoms with Crippen LogP contribution in [0.2, 0.25) is 0 Å². The first kappa shape index (κ1) is 13.7. The van der Waals surface area contributed by atoms with Gasteiger partial charge in [0.2, 0.25) is 5.69 Å². The molecule has 0 aliphatic carbocycles. The summed E-state index contributed by atoms with van der Waals surface area (Å²) in [5, 5.41) is 13.2. The largest absolute Gasteiger partial charge is 0.505 e. The topological polar surface area (TPSA) is 81.4 Å². The number of methoxy groups -OCH3 is 1. The van der Waals surface area contributed by atoms with Crippen LogP contribution in [0.5, 0.6) is 5.75 Å². The highest BCUT2D eigenvalue weighted by Crippen LogP contribution is 2.18. The van der Waals surface area contributed by atoms with Gasteiger partial charge in [-0.2, -0.15) is 9.78 Å². The average Bonchev–Trinajstić information content (AvgIpc) is 2.40. The molecular weight excluding hydrogens is 267 g/mol. The standard InChI is InChI=1S/C13H11FN2O4/c1-7-4-3-5-8(14)12(7)16-10(18)6-9(17)11(15-16)13(19)20-2/h3-6,17H,1-2H3. The lowest BCUT2D eigenvalue weighted by atomic mass is 10.2. The van der Waals surface area contributed by atoms with Crippen LogP contribution in [0.1, 0.15) is 16.1 Å². The van der Waals surface area contributed by atoms with Crippen molar-refractivity contribution in [2.24, 2.45) is 0 Å². The monoisotopic (exact) mass is 278 g/mol. The SMILES string of the molecule is COC(=O)c1nn(-c2c(C)cccc2F)c(=O)cc1O. The number of esters is 1. The van der Waals surface area contributed by atoms with Crippen LogP contribution in [-0.2, 0) is 4.74 Å². The number of aryl methyl sites for hydroxylation is 1. The fraction of sp³-hybridized carbons (Fsp3) is 0.154. The smallest absolute Gasteiger partial charge is 0.362 e. The molecule has 1 N–H and O–H groups in total. The zero-order valence-electron chi connectivity index (χ0n) is 10.8. The second-order valence-corrected chi connectivity index (χ2v) is 4.03. The summed E-state index contributed by atoms with van der Waals surface area (Å²) in [6.07, 6.45) is 0. The zero-order chi connectivity index (χ0) is 14.9. The number of benzene rings is 1. The van der Waals surface area contributed by atoms with Crippen molar-refractivity contribution in [2.75, 3.05) is 7.11 Å². The molecule has 1 aromatic carbocycles. The van der Waals surface area contributed by atoms with Gasteiger partial charge in [-0.25, -0.2) is 9.18 Å². The lowest BCUT2D eigenvalue weighted by Gasteiger charge is -2.10. The number of hydrogen-bond acceptors (Lipinski definition) is 5. The molecule has 7 heteroatoms. The minimum absolute atomic E-state index is 0.0809. The molecular formula is C13H11FN2O4. The zero-order valence-corrected chi connectivity index (χ0v) is 10.8. The Hall–Kier alpha value is -2.70. The molecule has 0 bridgehead atoms. The number of halogens is 1. The van der Waals surface area contributed by atoms with Crippen molar-refractivity contribution in [1.82, 2.24) is 9.78 Å². The van der Waals surface area contributed by atoms with Gasteiger partial charge in [-0.05, 0) is 18.6 Å². The number of rotatable bonds is 2. The van der Waals surface area contributed by atoms with Crippen molar-refractivity contribution in [3.05, 3.63) is 51.7 Å². The first-order valence-corrected chi connectivity index (χ1v) is 5.63. The minimum Gasteiger partial charge on any atom is -0.505 e. The van der Waals surface area contributed by atoms with E-state index >= 15 is 0 Å². The first-order chi connectivity index (χ1) is 9.45. The molecule has 2 aromatic rings. The van der Waals surface area contributed by atoms with Gasteiger partial charge >= 0.3 is 5.97 Å². The predicted octanol–water partition coefficient (Wildman–Crippen LogP) is 1.17. The molecule has 0 amide bonds. The molecule has 6 nitrogen and oxygen atoms in total. The number of aromatic nitrogens is 2. The lowest BCUT2D eigenvalue weighted by molar-refractivity contribution is 0.0587. The highest BCUT2D eigenvalue weighted by molar-refractivity contribution is 5.89. The van der Waals surface area contributed by atoms with E-state index in [4.69, 9.17) is 0 Å². The molecule has 2 rings (SSSR count). The Bertz CT molecular complexity index is 719. The maximum Gasteiger partial charge on any atom is 0.362 e. The summed E-state index contributed by atoms with van der Waals surface area (Å²) in [6, 6.07) is 5.03. The maximum atomic E-state index is 13.9. The van der Waals surface area contributed by atoms with E-state index in [0.717, 1.165) is 17.9 Å². The fourth-order valence-electron chi connectivity index (χ4n) is 1.74. The molecule has 0 spiro atoms. The molecule has 1 aromatic heterocycles. The van der Waals surface area contributed by atoms with Crippen LogP contribution >= 0.6 is 0 Å². The van der Waals surface area contributed by atoms with E-state index in [1.807, 2.05) is 0 Å². The minimum atomic E-state index is -0.926. The van der Waals surface area contributed by atoms with Crippen LogP contribution in [-0.4, -0.2) is 28.0 Å². The third kappa shape index (κ3) is 2.25. The molecule has 0 saturated carbocycles. The van der Waals surface area contributed by atoms with Crippen LogP contribution in [0.15, 0.2) is 29.1 Å². The molecule has 0 atom stereocenters. The van der Waals surface area contributed by atoms with Crippen LogP contribution in [0, 0.1) is 12.7 Å². The van der Waals surface area contributed by atoms with E-state index in [1.54, 1.807) is 13.0 Å². The van der Waals surface area contributed by atoms with Crippen molar-refractivity contribution in [2.45, 2.75) is 6.92 Å². The van der Waals surface area contributed by atoms with E-state index in [1.165, 1.54) is 12.1 Å². The number of hydrogen-bond donors (Lipinski definition) is 1. The molecule has 0 unspecified atom stereocenters. The second kappa shape index (κ2) is 5.12. The molecule has 0 aliphatic rings. The first-order valence-electron chi connectivity index (χ1n) is 5.63. The molecule has 0 aliphatic heterocycles. The van der Waals surface area contributed by atoms with Crippen molar-refractivity contribution < 1.29 is 19.0 Å². The Morgan fingerprint density at radius 3 is 2.75 bits per heavy atom. The predicted molar refractivity (Wildman–Crippen MR) is 67.5 cm³/mol. The summed E-state index contributed by atoms with van der Waals surface area (Å²) in [4.78, 5) is 23.3. The van der Waals surface area contributed by atoms with Gasteiger partial charge in [0.1, 0.15) is 11.5 Å². The van der Waals surface area contributed by atoms with E-state index in [9.17, 15) is 19.1 Å². The molecule has 0 radical (unpaired) electrons. The number of aromatic hydroxyl groups is 1. The molecule has 1 heterocycles. The van der Waals surface area contributed by atoms with Crippen LogP contribution in [0.25, 0.3) is 5.69 Å². The molecule has 20 heavy (non-hydrogen) atoms. The number of nitrogens with zero attached hydrogens (tertiary/aromatic N) is 2. The van der Waals surface area contributed by atoms with Gasteiger partial charge in [0, 0.05) is 6.07 Å². The van der Waals surface area contributed by atoms with Crippen molar-refractivity contribution >= 4 is 5.97 Å². The van der Waals surface area contributed by atoms with Crippen molar-refractivity contribution in [3.63, 3.8) is 0 Å². The average molecular weight is 278 g/mol. The van der Waals surface area contributed by atoms with Crippen LogP contribution < -0.4 is 5.56 Å². The Labute approximate surface area is 113 Å². The fourth-order valence-corrected chi connectivity index (χ4v) is 1.74.